The van der Waals surface area contributed by atoms with Crippen LogP contribution in [-0.2, 0) is 20.9 Å². The number of hydrogen-bond donors (Lipinski definition) is 0. The minimum absolute atomic E-state index is 0.186. The van der Waals surface area contributed by atoms with E-state index in [0.29, 0.717) is 12.6 Å². The van der Waals surface area contributed by atoms with E-state index in [2.05, 4.69) is 29.5 Å². The van der Waals surface area contributed by atoms with E-state index in [1.54, 1.807) is 17.0 Å². The minimum atomic E-state index is -0.419. The standard InChI is InChI=1S/C26H30FN3O2.CO2/c1-18(2)29-16-20(23-14-21(27)13-19(3)24(23)29)15-28-11-9-26(10-12-28)17-30(25(31)32-26)22-7-5-4-6-8-22;2-1-3/h4-8,13-14,16,18H,9-12,15,17H2,1-3H3;. The quantitative estimate of drug-likeness (QED) is 0.522. The van der Waals surface area contributed by atoms with Crippen LogP contribution in [0, 0.1) is 12.7 Å². The van der Waals surface area contributed by atoms with Crippen molar-refractivity contribution in [3.8, 4) is 0 Å². The summed E-state index contributed by atoms with van der Waals surface area (Å²) in [6.07, 6.45) is 3.78. The maximum absolute atomic E-state index is 14.2. The lowest BCUT2D eigenvalue weighted by atomic mass is 9.91. The second-order valence-corrected chi connectivity index (χ2v) is 9.61. The molecule has 0 bridgehead atoms. The molecule has 2 fully saturated rings. The largest absolute Gasteiger partial charge is 0.441 e. The highest BCUT2D eigenvalue weighted by Gasteiger charge is 2.47. The fourth-order valence-electron chi connectivity index (χ4n) is 5.21. The third-order valence-corrected chi connectivity index (χ3v) is 6.92. The summed E-state index contributed by atoms with van der Waals surface area (Å²) in [7, 11) is 0. The summed E-state index contributed by atoms with van der Waals surface area (Å²) in [6.45, 7) is 9.35. The van der Waals surface area contributed by atoms with Crippen molar-refractivity contribution in [1.82, 2.24) is 9.47 Å². The molecule has 0 unspecified atom stereocenters. The van der Waals surface area contributed by atoms with Crippen LogP contribution in [0.3, 0.4) is 0 Å². The lowest BCUT2D eigenvalue weighted by Gasteiger charge is -2.37. The summed E-state index contributed by atoms with van der Waals surface area (Å²) in [4.78, 5) is 32.9. The van der Waals surface area contributed by atoms with Crippen molar-refractivity contribution < 1.29 is 23.5 Å². The first-order chi connectivity index (χ1) is 16.8. The van der Waals surface area contributed by atoms with E-state index < -0.39 is 5.60 Å². The van der Waals surface area contributed by atoms with Crippen LogP contribution in [0.15, 0.2) is 48.7 Å². The van der Waals surface area contributed by atoms with E-state index in [1.807, 2.05) is 37.3 Å². The average molecular weight is 480 g/mol. The Morgan fingerprint density at radius 2 is 1.77 bits per heavy atom. The van der Waals surface area contributed by atoms with Crippen molar-refractivity contribution in [2.45, 2.75) is 51.8 Å². The molecule has 35 heavy (non-hydrogen) atoms. The number of aromatic nitrogens is 1. The van der Waals surface area contributed by atoms with Gasteiger partial charge in [0.05, 0.1) is 12.1 Å². The van der Waals surface area contributed by atoms with Gasteiger partial charge in [-0.2, -0.15) is 9.59 Å². The number of nitrogens with zero attached hydrogens (tertiary/aromatic N) is 3. The zero-order valence-electron chi connectivity index (χ0n) is 20.3. The molecule has 2 saturated heterocycles. The number of likely N-dealkylation sites (tertiary alicyclic amines) is 1. The predicted molar refractivity (Wildman–Crippen MR) is 130 cm³/mol. The number of amides is 1. The molecule has 0 saturated carbocycles. The lowest BCUT2D eigenvalue weighted by Crippen LogP contribution is -2.46. The number of ether oxygens (including phenoxy) is 1. The summed E-state index contributed by atoms with van der Waals surface area (Å²) >= 11 is 0. The van der Waals surface area contributed by atoms with Crippen molar-refractivity contribution in [3.63, 3.8) is 0 Å². The van der Waals surface area contributed by atoms with Crippen LogP contribution in [0.2, 0.25) is 0 Å². The maximum atomic E-state index is 14.2. The second-order valence-electron chi connectivity index (χ2n) is 9.61. The summed E-state index contributed by atoms with van der Waals surface area (Å²) in [6, 6.07) is 13.3. The first-order valence-corrected chi connectivity index (χ1v) is 11.8. The summed E-state index contributed by atoms with van der Waals surface area (Å²) < 4.78 is 22.4. The van der Waals surface area contributed by atoms with Crippen LogP contribution in [0.25, 0.3) is 10.9 Å². The molecule has 8 heteroatoms. The number of hydrogen-bond acceptors (Lipinski definition) is 5. The maximum Gasteiger partial charge on any atom is 0.415 e. The SMILES string of the molecule is Cc1cc(F)cc2c(CN3CCC4(CC3)CN(c3ccccc3)C(=O)O4)cn(C(C)C)c12.O=C=O. The Labute approximate surface area is 204 Å². The van der Waals surface area contributed by atoms with Crippen LogP contribution < -0.4 is 4.90 Å². The third-order valence-electron chi connectivity index (χ3n) is 6.92. The van der Waals surface area contributed by atoms with Crippen molar-refractivity contribution in [2.75, 3.05) is 24.5 Å². The first-order valence-electron chi connectivity index (χ1n) is 11.8. The highest BCUT2D eigenvalue weighted by Crippen LogP contribution is 2.37. The van der Waals surface area contributed by atoms with Crippen LogP contribution in [-0.4, -0.2) is 46.9 Å². The van der Waals surface area contributed by atoms with E-state index in [0.717, 1.165) is 60.2 Å². The number of rotatable bonds is 4. The zero-order valence-corrected chi connectivity index (χ0v) is 20.3. The normalized spacial score (nSPS) is 17.4. The van der Waals surface area contributed by atoms with Gasteiger partial charge >= 0.3 is 12.2 Å². The Morgan fingerprint density at radius 1 is 1.11 bits per heavy atom. The van der Waals surface area contributed by atoms with E-state index in [1.165, 1.54) is 0 Å². The number of carbonyl (C=O) groups excluding carboxylic acids is 3. The van der Waals surface area contributed by atoms with Gasteiger partial charge < -0.3 is 9.30 Å². The number of para-hydroxylation sites is 1. The molecule has 2 aliphatic rings. The molecule has 7 nitrogen and oxygen atoms in total. The summed E-state index contributed by atoms with van der Waals surface area (Å²) in [5.41, 5.74) is 3.71. The Bertz CT molecular complexity index is 1240. The highest BCUT2D eigenvalue weighted by molar-refractivity contribution is 5.90. The van der Waals surface area contributed by atoms with Gasteiger partial charge in [0.1, 0.15) is 11.4 Å². The van der Waals surface area contributed by atoms with Crippen molar-refractivity contribution in [2.24, 2.45) is 0 Å². The van der Waals surface area contributed by atoms with Gasteiger partial charge in [0.25, 0.3) is 0 Å². The van der Waals surface area contributed by atoms with E-state index in [-0.39, 0.29) is 18.1 Å². The first kappa shape index (κ1) is 24.6. The molecule has 1 amide bonds. The van der Waals surface area contributed by atoms with Gasteiger partial charge in [-0.1, -0.05) is 18.2 Å². The summed E-state index contributed by atoms with van der Waals surface area (Å²) in [5, 5.41) is 0.999. The fourth-order valence-corrected chi connectivity index (χ4v) is 5.21. The number of benzene rings is 2. The topological polar surface area (TPSA) is 71.8 Å². The molecule has 2 aromatic carbocycles. The molecule has 1 aromatic heterocycles. The number of carbonyl (C=O) groups is 1. The third kappa shape index (κ3) is 4.99. The van der Waals surface area contributed by atoms with Gasteiger partial charge in [-0.3, -0.25) is 9.80 Å². The van der Waals surface area contributed by atoms with Gasteiger partial charge in [0.2, 0.25) is 0 Å². The van der Waals surface area contributed by atoms with E-state index >= 15 is 0 Å². The molecule has 0 atom stereocenters. The smallest absolute Gasteiger partial charge is 0.415 e. The Morgan fingerprint density at radius 3 is 2.40 bits per heavy atom. The molecule has 0 N–H and O–H groups in total. The monoisotopic (exact) mass is 479 g/mol. The molecule has 0 aliphatic carbocycles. The van der Waals surface area contributed by atoms with Crippen molar-refractivity contribution in [3.05, 3.63) is 65.6 Å². The number of fused-ring (bicyclic) bond motifs is 1. The van der Waals surface area contributed by atoms with E-state index in [4.69, 9.17) is 14.3 Å². The number of anilines is 1. The van der Waals surface area contributed by atoms with Crippen molar-refractivity contribution >= 4 is 28.8 Å². The number of halogens is 1. The zero-order chi connectivity index (χ0) is 25.2. The molecule has 2 aliphatic heterocycles. The van der Waals surface area contributed by atoms with Crippen LogP contribution in [0.1, 0.15) is 43.9 Å². The minimum Gasteiger partial charge on any atom is -0.441 e. The molecule has 5 rings (SSSR count). The molecule has 3 heterocycles. The molecule has 3 aromatic rings. The second kappa shape index (κ2) is 10.0. The Kier molecular flexibility index (Phi) is 7.05. The molecular formula is C27H30FN3O4. The van der Waals surface area contributed by atoms with Gasteiger partial charge in [0, 0.05) is 55.8 Å². The van der Waals surface area contributed by atoms with Crippen LogP contribution in [0.5, 0.6) is 0 Å². The Balaban J connectivity index is 0.000000917. The van der Waals surface area contributed by atoms with Crippen molar-refractivity contribution in [1.29, 1.82) is 0 Å². The lowest BCUT2D eigenvalue weighted by molar-refractivity contribution is -0.191. The highest BCUT2D eigenvalue weighted by atomic mass is 19.1. The van der Waals surface area contributed by atoms with Crippen LogP contribution >= 0.6 is 0 Å². The number of aryl methyl sites for hydroxylation is 1. The van der Waals surface area contributed by atoms with Gasteiger partial charge in [-0.05, 0) is 56.2 Å². The fraction of sp³-hybridized carbons (Fsp3) is 0.407. The van der Waals surface area contributed by atoms with E-state index in [9.17, 15) is 9.18 Å². The molecular weight excluding hydrogens is 449 g/mol. The summed E-state index contributed by atoms with van der Waals surface area (Å²) in [5.74, 6) is -0.186. The van der Waals surface area contributed by atoms with Crippen LogP contribution in [0.4, 0.5) is 14.9 Å². The van der Waals surface area contributed by atoms with Gasteiger partial charge in [0.15, 0.2) is 0 Å². The van der Waals surface area contributed by atoms with Gasteiger partial charge in [-0.25, -0.2) is 9.18 Å². The molecule has 1 spiro atoms. The van der Waals surface area contributed by atoms with Gasteiger partial charge in [-0.15, -0.1) is 0 Å². The molecule has 0 radical (unpaired) electrons. The Hall–Kier alpha value is -3.48. The predicted octanol–water partition coefficient (Wildman–Crippen LogP) is 5.08. The molecule has 184 valence electrons. The average Bonchev–Trinajstić information content (AvgIpc) is 3.34. The number of piperidine rings is 1.